The number of carboxylic acid groups (broad SMARTS) is 1. The van der Waals surface area contributed by atoms with E-state index >= 15 is 0 Å². The average Bonchev–Trinajstić information content (AvgIpc) is 2.89. The summed E-state index contributed by atoms with van der Waals surface area (Å²) < 4.78 is 0. The van der Waals surface area contributed by atoms with E-state index in [4.69, 9.17) is 5.11 Å². The number of phenols is 1. The summed E-state index contributed by atoms with van der Waals surface area (Å²) in [5.74, 6) is -1.99. The Morgan fingerprint density at radius 3 is 2.58 bits per heavy atom. The van der Waals surface area contributed by atoms with Gasteiger partial charge < -0.3 is 15.1 Å². The lowest BCUT2D eigenvalue weighted by molar-refractivity contribution is -0.153. The van der Waals surface area contributed by atoms with Gasteiger partial charge in [-0.2, -0.15) is 4.90 Å². The van der Waals surface area contributed by atoms with Crippen molar-refractivity contribution in [1.82, 2.24) is 9.80 Å². The minimum Gasteiger partial charge on any atom is -0.508 e. The van der Waals surface area contributed by atoms with Gasteiger partial charge in [0.05, 0.1) is 0 Å². The summed E-state index contributed by atoms with van der Waals surface area (Å²) in [6.07, 6.45) is -1.41. The zero-order valence-corrected chi connectivity index (χ0v) is 12.7. The molecule has 0 bridgehead atoms. The molecule has 8 nitrogen and oxygen atoms in total. The smallest absolute Gasteiger partial charge is 0.421 e. The third-order valence-corrected chi connectivity index (χ3v) is 4.45. The zero-order valence-electron chi connectivity index (χ0n) is 12.7. The number of piperidine rings is 1. The number of hydrogen-bond acceptors (Lipinski definition) is 5. The van der Waals surface area contributed by atoms with E-state index in [1.165, 1.54) is 11.0 Å². The maximum atomic E-state index is 12.3. The Labute approximate surface area is 137 Å². The molecule has 2 unspecified atom stereocenters. The molecule has 2 N–H and O–H groups in total. The number of hydrogen-bond donors (Lipinski definition) is 2. The van der Waals surface area contributed by atoms with Crippen molar-refractivity contribution in [2.45, 2.75) is 31.2 Å². The van der Waals surface area contributed by atoms with Gasteiger partial charge in [-0.15, -0.1) is 0 Å². The fourth-order valence-electron chi connectivity index (χ4n) is 3.29. The fourth-order valence-corrected chi connectivity index (χ4v) is 3.29. The third kappa shape index (κ3) is 2.70. The van der Waals surface area contributed by atoms with Crippen molar-refractivity contribution in [3.63, 3.8) is 0 Å². The van der Waals surface area contributed by atoms with Crippen LogP contribution in [0.2, 0.25) is 0 Å². The van der Waals surface area contributed by atoms with Crippen LogP contribution in [-0.2, 0) is 14.4 Å². The van der Waals surface area contributed by atoms with Gasteiger partial charge in [0.1, 0.15) is 11.8 Å². The Bertz CT molecular complexity index is 731. The van der Waals surface area contributed by atoms with Crippen LogP contribution in [0.25, 0.3) is 0 Å². The Balaban J connectivity index is 1.80. The highest BCUT2D eigenvalue weighted by Gasteiger charge is 2.45. The summed E-state index contributed by atoms with van der Waals surface area (Å²) in [6.45, 7) is 0.250. The van der Waals surface area contributed by atoms with E-state index in [-0.39, 0.29) is 48.3 Å². The third-order valence-electron chi connectivity index (χ3n) is 4.45. The Morgan fingerprint density at radius 1 is 1.17 bits per heavy atom. The lowest BCUT2D eigenvalue weighted by Gasteiger charge is -2.33. The molecule has 8 heteroatoms. The van der Waals surface area contributed by atoms with Crippen LogP contribution in [-0.4, -0.2) is 56.4 Å². The molecule has 2 aliphatic heterocycles. The highest BCUT2D eigenvalue weighted by Crippen LogP contribution is 2.33. The lowest BCUT2D eigenvalue weighted by Crippen LogP contribution is -2.56. The van der Waals surface area contributed by atoms with Crippen molar-refractivity contribution in [3.8, 4) is 5.75 Å². The van der Waals surface area contributed by atoms with E-state index in [0.717, 1.165) is 5.56 Å². The maximum Gasteiger partial charge on any atom is 0.421 e. The zero-order chi connectivity index (χ0) is 17.4. The van der Waals surface area contributed by atoms with Crippen LogP contribution < -0.4 is 0 Å². The molecule has 2 fully saturated rings. The Morgan fingerprint density at radius 2 is 1.92 bits per heavy atom. The SMILES string of the molecule is O=C(O)N1C(=O)CCC(N2CC(c3cccc(O)c3)CC2=O)C1=O. The van der Waals surface area contributed by atoms with E-state index in [9.17, 15) is 24.3 Å². The second-order valence-electron chi connectivity index (χ2n) is 5.95. The van der Waals surface area contributed by atoms with Crippen molar-refractivity contribution >= 4 is 23.8 Å². The molecule has 1 aromatic rings. The summed E-state index contributed by atoms with van der Waals surface area (Å²) in [5.41, 5.74) is 0.778. The summed E-state index contributed by atoms with van der Waals surface area (Å²) in [7, 11) is 0. The Kier molecular flexibility index (Phi) is 3.96. The number of benzene rings is 1. The van der Waals surface area contributed by atoms with E-state index < -0.39 is 23.9 Å². The topological polar surface area (TPSA) is 115 Å². The van der Waals surface area contributed by atoms with Crippen molar-refractivity contribution in [2.75, 3.05) is 6.54 Å². The van der Waals surface area contributed by atoms with E-state index in [0.29, 0.717) is 0 Å². The van der Waals surface area contributed by atoms with Crippen molar-refractivity contribution in [3.05, 3.63) is 29.8 Å². The number of imide groups is 3. The summed E-state index contributed by atoms with van der Waals surface area (Å²) in [5, 5.41) is 18.6. The molecule has 1 aromatic carbocycles. The van der Waals surface area contributed by atoms with Gasteiger partial charge in [0.25, 0.3) is 5.91 Å². The van der Waals surface area contributed by atoms with Crippen molar-refractivity contribution in [1.29, 1.82) is 0 Å². The van der Waals surface area contributed by atoms with Gasteiger partial charge in [-0.3, -0.25) is 14.4 Å². The normalized spacial score (nSPS) is 24.6. The molecule has 2 aliphatic rings. The van der Waals surface area contributed by atoms with Crippen molar-refractivity contribution < 1.29 is 29.4 Å². The molecular formula is C16H16N2O6. The molecule has 2 heterocycles. The molecule has 0 aliphatic carbocycles. The maximum absolute atomic E-state index is 12.3. The first kappa shape index (κ1) is 16.0. The monoisotopic (exact) mass is 332 g/mol. The van der Waals surface area contributed by atoms with Gasteiger partial charge >= 0.3 is 6.09 Å². The van der Waals surface area contributed by atoms with E-state index in [1.807, 2.05) is 0 Å². The van der Waals surface area contributed by atoms with Crippen LogP contribution in [0.3, 0.4) is 0 Å². The van der Waals surface area contributed by atoms with Gasteiger partial charge in [0.15, 0.2) is 0 Å². The van der Waals surface area contributed by atoms with Crippen LogP contribution in [0.5, 0.6) is 5.75 Å². The fraction of sp³-hybridized carbons (Fsp3) is 0.375. The quantitative estimate of drug-likeness (QED) is 0.778. The number of aromatic hydroxyl groups is 1. The van der Waals surface area contributed by atoms with Gasteiger partial charge in [0, 0.05) is 25.3 Å². The van der Waals surface area contributed by atoms with Gasteiger partial charge in [-0.05, 0) is 24.1 Å². The molecule has 0 aromatic heterocycles. The van der Waals surface area contributed by atoms with Crippen molar-refractivity contribution in [2.24, 2.45) is 0 Å². The number of likely N-dealkylation sites (tertiary alicyclic amines) is 2. The second kappa shape index (κ2) is 5.95. The van der Waals surface area contributed by atoms with Gasteiger partial charge in [0.2, 0.25) is 11.8 Å². The number of carbonyl (C=O) groups is 4. The van der Waals surface area contributed by atoms with Gasteiger partial charge in [-0.25, -0.2) is 4.79 Å². The molecule has 0 radical (unpaired) electrons. The summed E-state index contributed by atoms with van der Waals surface area (Å²) >= 11 is 0. The minimum absolute atomic E-state index is 0.0924. The van der Waals surface area contributed by atoms with Crippen LogP contribution in [0.1, 0.15) is 30.7 Å². The highest BCUT2D eigenvalue weighted by atomic mass is 16.4. The Hall–Kier alpha value is -2.90. The predicted molar refractivity (Wildman–Crippen MR) is 80.1 cm³/mol. The summed E-state index contributed by atoms with van der Waals surface area (Å²) in [4.78, 5) is 48.8. The van der Waals surface area contributed by atoms with E-state index in [2.05, 4.69) is 0 Å². The number of nitrogens with zero attached hydrogens (tertiary/aromatic N) is 2. The molecule has 126 valence electrons. The lowest BCUT2D eigenvalue weighted by atomic mass is 9.98. The first-order valence-corrected chi connectivity index (χ1v) is 7.56. The van der Waals surface area contributed by atoms with Crippen LogP contribution >= 0.6 is 0 Å². The van der Waals surface area contributed by atoms with Crippen LogP contribution in [0.4, 0.5) is 4.79 Å². The van der Waals surface area contributed by atoms with E-state index in [1.54, 1.807) is 18.2 Å². The number of rotatable bonds is 2. The number of carbonyl (C=O) groups excluding carboxylic acids is 3. The average molecular weight is 332 g/mol. The molecule has 2 atom stereocenters. The molecule has 0 spiro atoms. The second-order valence-corrected chi connectivity index (χ2v) is 5.95. The molecule has 24 heavy (non-hydrogen) atoms. The van der Waals surface area contributed by atoms with Crippen LogP contribution in [0.15, 0.2) is 24.3 Å². The predicted octanol–water partition coefficient (Wildman–Crippen LogP) is 0.904. The highest BCUT2D eigenvalue weighted by molar-refractivity contribution is 6.12. The first-order chi connectivity index (χ1) is 11.4. The largest absolute Gasteiger partial charge is 0.508 e. The van der Waals surface area contributed by atoms with Gasteiger partial charge in [-0.1, -0.05) is 12.1 Å². The molecule has 3 rings (SSSR count). The number of amides is 4. The molecule has 0 saturated carbocycles. The molecular weight excluding hydrogens is 316 g/mol. The molecule has 2 saturated heterocycles. The standard InChI is InChI=1S/C16H16N2O6/c19-11-3-1-2-9(6-11)10-7-14(21)17(8-10)12-4-5-13(20)18(15(12)22)16(23)24/h1-3,6,10,12,19H,4-5,7-8H2,(H,23,24). The number of phenolic OH excluding ortho intramolecular Hbond substituents is 1. The van der Waals surface area contributed by atoms with Crippen LogP contribution in [0, 0.1) is 0 Å². The minimum atomic E-state index is -1.62. The summed E-state index contributed by atoms with van der Waals surface area (Å²) in [6, 6.07) is 5.62. The first-order valence-electron chi connectivity index (χ1n) is 7.56. The molecule has 4 amide bonds.